The van der Waals surface area contributed by atoms with E-state index in [9.17, 15) is 0 Å². The first-order valence-corrected chi connectivity index (χ1v) is 8.23. The lowest BCUT2D eigenvalue weighted by atomic mass is 10.2. The van der Waals surface area contributed by atoms with E-state index in [1.165, 1.54) is 0 Å². The molecule has 0 amide bonds. The van der Waals surface area contributed by atoms with Crippen molar-refractivity contribution in [2.45, 2.75) is 13.2 Å². The van der Waals surface area contributed by atoms with Gasteiger partial charge in [0.05, 0.1) is 10.0 Å². The van der Waals surface area contributed by atoms with Crippen molar-refractivity contribution in [3.8, 4) is 11.5 Å². The fourth-order valence-corrected chi connectivity index (χ4v) is 2.58. The van der Waals surface area contributed by atoms with E-state index < -0.39 is 0 Å². The molecule has 3 rings (SSSR count). The molecule has 0 saturated carbocycles. The maximum absolute atomic E-state index is 6.25. The molecule has 3 aromatic carbocycles. The van der Waals surface area contributed by atoms with E-state index in [2.05, 4.69) is 6.07 Å². The van der Waals surface area contributed by atoms with E-state index in [0.717, 1.165) is 11.1 Å². The molecular weight excluding hydrogens is 343 g/mol. The minimum absolute atomic E-state index is 0.346. The monoisotopic (exact) mass is 357 g/mol. The highest BCUT2D eigenvalue weighted by Gasteiger charge is 2.15. The van der Waals surface area contributed by atoms with Gasteiger partial charge < -0.3 is 9.47 Å². The van der Waals surface area contributed by atoms with Crippen LogP contribution in [0, 0.1) is 6.07 Å². The van der Waals surface area contributed by atoms with E-state index in [0.29, 0.717) is 34.8 Å². The lowest BCUT2D eigenvalue weighted by Crippen LogP contribution is -2.01. The summed E-state index contributed by atoms with van der Waals surface area (Å²) in [7, 11) is 0. The van der Waals surface area contributed by atoms with E-state index >= 15 is 0 Å². The maximum Gasteiger partial charge on any atom is 0.182 e. The third kappa shape index (κ3) is 4.22. The Balaban J connectivity index is 1.78. The van der Waals surface area contributed by atoms with Crippen LogP contribution in [0.4, 0.5) is 0 Å². The number of benzene rings is 3. The molecule has 0 bridgehead atoms. The lowest BCUT2D eigenvalue weighted by molar-refractivity contribution is 0.256. The molecule has 0 N–H and O–H groups in total. The van der Waals surface area contributed by atoms with Crippen LogP contribution in [0.15, 0.2) is 66.7 Å². The van der Waals surface area contributed by atoms with E-state index in [-0.39, 0.29) is 0 Å². The first-order valence-electron chi connectivity index (χ1n) is 7.47. The van der Waals surface area contributed by atoms with Gasteiger partial charge in [-0.25, -0.2) is 0 Å². The molecule has 0 atom stereocenters. The summed E-state index contributed by atoms with van der Waals surface area (Å²) < 4.78 is 11.7. The summed E-state index contributed by atoms with van der Waals surface area (Å²) in [5.74, 6) is 0.837. The normalized spacial score (nSPS) is 10.4. The van der Waals surface area contributed by atoms with Gasteiger partial charge in [-0.2, -0.15) is 0 Å². The van der Waals surface area contributed by atoms with Crippen molar-refractivity contribution in [3.63, 3.8) is 0 Å². The Hall–Kier alpha value is -2.16. The van der Waals surface area contributed by atoms with Crippen LogP contribution in [0.5, 0.6) is 11.5 Å². The summed E-state index contributed by atoms with van der Waals surface area (Å²) >= 11 is 12.5. The molecule has 1 radical (unpaired) electrons. The number of hydrogen-bond donors (Lipinski definition) is 0. The molecule has 0 aliphatic carbocycles. The minimum Gasteiger partial charge on any atom is -0.483 e. The zero-order valence-electron chi connectivity index (χ0n) is 12.8. The van der Waals surface area contributed by atoms with Crippen LogP contribution < -0.4 is 9.47 Å². The molecule has 3 aromatic rings. The van der Waals surface area contributed by atoms with Gasteiger partial charge in [0, 0.05) is 6.07 Å². The maximum atomic E-state index is 6.25. The average molecular weight is 358 g/mol. The number of ether oxygens (including phenoxy) is 2. The molecular formula is C20H15Cl2O2. The van der Waals surface area contributed by atoms with Gasteiger partial charge in [-0.15, -0.1) is 0 Å². The van der Waals surface area contributed by atoms with Crippen molar-refractivity contribution in [1.82, 2.24) is 0 Å². The smallest absolute Gasteiger partial charge is 0.182 e. The highest BCUT2D eigenvalue weighted by Crippen LogP contribution is 2.41. The third-order valence-electron chi connectivity index (χ3n) is 3.40. The second kappa shape index (κ2) is 8.09. The van der Waals surface area contributed by atoms with E-state index in [4.69, 9.17) is 32.7 Å². The fraction of sp³-hybridized carbons (Fsp3) is 0.100. The van der Waals surface area contributed by atoms with Crippen LogP contribution in [0.3, 0.4) is 0 Å². The zero-order chi connectivity index (χ0) is 16.8. The summed E-state index contributed by atoms with van der Waals surface area (Å²) in [6.45, 7) is 0.749. The standard InChI is InChI=1S/C20H15Cl2O2/c21-17-11-12-18(22)20(24-14-16-9-5-2-6-10-16)19(17)23-13-15-7-3-1-4-8-15/h1-11H,13-14H2. The Morgan fingerprint density at radius 1 is 0.708 bits per heavy atom. The van der Waals surface area contributed by atoms with Gasteiger partial charge in [-0.05, 0) is 17.2 Å². The van der Waals surface area contributed by atoms with Crippen molar-refractivity contribution in [2.75, 3.05) is 0 Å². The Morgan fingerprint density at radius 3 is 1.75 bits per heavy atom. The Kier molecular flexibility index (Phi) is 5.63. The molecule has 0 aliphatic heterocycles. The van der Waals surface area contributed by atoms with Gasteiger partial charge in [0.1, 0.15) is 13.2 Å². The molecule has 0 heterocycles. The van der Waals surface area contributed by atoms with E-state index in [1.54, 1.807) is 6.07 Å². The van der Waals surface area contributed by atoms with Gasteiger partial charge in [-0.3, -0.25) is 0 Å². The fourth-order valence-electron chi connectivity index (χ4n) is 2.19. The first-order chi connectivity index (χ1) is 11.7. The topological polar surface area (TPSA) is 18.5 Å². The SMILES string of the molecule is Clc1[c]cc(Cl)c(OCc2ccccc2)c1OCc1ccccc1. The van der Waals surface area contributed by atoms with Crippen LogP contribution in [0.2, 0.25) is 10.0 Å². The lowest BCUT2D eigenvalue weighted by Gasteiger charge is -2.15. The molecule has 0 fully saturated rings. The number of hydrogen-bond acceptors (Lipinski definition) is 2. The second-order valence-electron chi connectivity index (χ2n) is 5.16. The molecule has 24 heavy (non-hydrogen) atoms. The summed E-state index contributed by atoms with van der Waals surface area (Å²) in [6, 6.07) is 24.1. The van der Waals surface area contributed by atoms with Gasteiger partial charge in [0.2, 0.25) is 0 Å². The highest BCUT2D eigenvalue weighted by molar-refractivity contribution is 6.35. The summed E-state index contributed by atoms with van der Waals surface area (Å²) in [5, 5.41) is 0.761. The summed E-state index contributed by atoms with van der Waals surface area (Å²) in [5.41, 5.74) is 2.06. The van der Waals surface area contributed by atoms with Gasteiger partial charge in [0.15, 0.2) is 11.5 Å². The van der Waals surface area contributed by atoms with Crippen LogP contribution >= 0.6 is 23.2 Å². The van der Waals surface area contributed by atoms with Gasteiger partial charge >= 0.3 is 0 Å². The number of rotatable bonds is 6. The zero-order valence-corrected chi connectivity index (χ0v) is 14.3. The summed E-state index contributed by atoms with van der Waals surface area (Å²) in [6.07, 6.45) is 0. The largest absolute Gasteiger partial charge is 0.483 e. The molecule has 0 aliphatic rings. The van der Waals surface area contributed by atoms with Crippen molar-refractivity contribution in [1.29, 1.82) is 0 Å². The predicted octanol–water partition coefficient (Wildman–Crippen LogP) is 5.95. The van der Waals surface area contributed by atoms with Crippen molar-refractivity contribution in [2.24, 2.45) is 0 Å². The Bertz CT molecular complexity index is 721. The second-order valence-corrected chi connectivity index (χ2v) is 5.94. The molecule has 0 spiro atoms. The minimum atomic E-state index is 0.346. The Morgan fingerprint density at radius 2 is 1.21 bits per heavy atom. The van der Waals surface area contributed by atoms with Gasteiger partial charge in [0.25, 0.3) is 0 Å². The average Bonchev–Trinajstić information content (AvgIpc) is 2.63. The molecule has 121 valence electrons. The van der Waals surface area contributed by atoms with Crippen LogP contribution in [-0.4, -0.2) is 0 Å². The molecule has 0 unspecified atom stereocenters. The van der Waals surface area contributed by atoms with Crippen LogP contribution in [-0.2, 0) is 13.2 Å². The first kappa shape index (κ1) is 16.7. The van der Waals surface area contributed by atoms with Crippen molar-refractivity contribution >= 4 is 23.2 Å². The third-order valence-corrected chi connectivity index (χ3v) is 3.96. The van der Waals surface area contributed by atoms with Crippen molar-refractivity contribution in [3.05, 3.63) is 94.0 Å². The van der Waals surface area contributed by atoms with Gasteiger partial charge in [-0.1, -0.05) is 83.9 Å². The molecule has 0 saturated heterocycles. The number of halogens is 2. The molecule has 2 nitrogen and oxygen atoms in total. The predicted molar refractivity (Wildman–Crippen MR) is 96.8 cm³/mol. The van der Waals surface area contributed by atoms with E-state index in [1.807, 2.05) is 60.7 Å². The summed E-state index contributed by atoms with van der Waals surface area (Å²) in [4.78, 5) is 0. The van der Waals surface area contributed by atoms with Crippen LogP contribution in [0.25, 0.3) is 0 Å². The highest BCUT2D eigenvalue weighted by atomic mass is 35.5. The quantitative estimate of drug-likeness (QED) is 0.542. The molecule has 4 heteroatoms. The Labute approximate surface area is 151 Å². The van der Waals surface area contributed by atoms with Crippen LogP contribution in [0.1, 0.15) is 11.1 Å². The van der Waals surface area contributed by atoms with Crippen molar-refractivity contribution < 1.29 is 9.47 Å². The molecule has 0 aromatic heterocycles.